The van der Waals surface area contributed by atoms with Crippen LogP contribution in [0.2, 0.25) is 0 Å². The van der Waals surface area contributed by atoms with Crippen molar-refractivity contribution >= 4 is 21.8 Å². The van der Waals surface area contributed by atoms with Crippen molar-refractivity contribution in [1.82, 2.24) is 15.2 Å². The average Bonchev–Trinajstić information content (AvgIpc) is 3.04. The second kappa shape index (κ2) is 8.38. The van der Waals surface area contributed by atoms with Crippen LogP contribution in [0.1, 0.15) is 40.3 Å². The number of rotatable bonds is 4. The van der Waals surface area contributed by atoms with E-state index in [0.29, 0.717) is 29.9 Å². The monoisotopic (exact) mass is 419 g/mol. The topological polar surface area (TPSA) is 109 Å². The van der Waals surface area contributed by atoms with Crippen LogP contribution < -0.4 is 10.9 Å². The first-order valence-corrected chi connectivity index (χ1v) is 10.9. The molecule has 2 amide bonds. The Morgan fingerprint density at radius 3 is 2.21 bits per heavy atom. The van der Waals surface area contributed by atoms with Gasteiger partial charge in [-0.3, -0.25) is 20.4 Å². The molecule has 1 aliphatic rings. The highest BCUT2D eigenvalue weighted by Crippen LogP contribution is 2.24. The highest BCUT2D eigenvalue weighted by molar-refractivity contribution is 7.89. The number of hydrogen-bond acceptors (Lipinski definition) is 5. The summed E-state index contributed by atoms with van der Waals surface area (Å²) in [6.07, 6.45) is 0.771. The van der Waals surface area contributed by atoms with Gasteiger partial charge in [0.1, 0.15) is 11.5 Å². The molecule has 8 nitrogen and oxygen atoms in total. The van der Waals surface area contributed by atoms with Crippen molar-refractivity contribution in [3.05, 3.63) is 53.0 Å². The summed E-state index contributed by atoms with van der Waals surface area (Å²) in [5, 5.41) is 0. The molecule has 0 radical (unpaired) electrons. The van der Waals surface area contributed by atoms with Crippen molar-refractivity contribution in [1.29, 1.82) is 0 Å². The van der Waals surface area contributed by atoms with E-state index in [1.54, 1.807) is 44.2 Å². The van der Waals surface area contributed by atoms with Crippen LogP contribution in [-0.2, 0) is 14.8 Å². The van der Waals surface area contributed by atoms with Gasteiger partial charge in [-0.05, 0) is 51.8 Å². The number of aryl methyl sites for hydroxylation is 3. The molecule has 2 N–H and O–H groups in total. The number of carbonyl (C=O) groups is 2. The number of piperidine rings is 1. The van der Waals surface area contributed by atoms with Crippen molar-refractivity contribution in [3.63, 3.8) is 0 Å². The van der Waals surface area contributed by atoms with E-state index >= 15 is 0 Å². The van der Waals surface area contributed by atoms with Crippen LogP contribution in [0, 0.1) is 26.7 Å². The molecule has 0 unspecified atom stereocenters. The third-order valence-corrected chi connectivity index (χ3v) is 6.98. The Kier molecular flexibility index (Phi) is 6.09. The minimum Gasteiger partial charge on any atom is -0.466 e. The summed E-state index contributed by atoms with van der Waals surface area (Å²) in [6.45, 7) is 5.81. The maximum Gasteiger partial charge on any atom is 0.273 e. The molecule has 3 rings (SSSR count). The molecule has 0 saturated carbocycles. The van der Waals surface area contributed by atoms with Crippen molar-refractivity contribution in [2.75, 3.05) is 13.1 Å². The Labute approximate surface area is 170 Å². The van der Waals surface area contributed by atoms with Gasteiger partial charge in [0.25, 0.3) is 5.91 Å². The van der Waals surface area contributed by atoms with Gasteiger partial charge in [0.15, 0.2) is 0 Å². The third-order valence-electron chi connectivity index (χ3n) is 5.07. The van der Waals surface area contributed by atoms with Crippen LogP contribution in [0.5, 0.6) is 0 Å². The van der Waals surface area contributed by atoms with Crippen molar-refractivity contribution in [2.24, 2.45) is 5.92 Å². The second-order valence-corrected chi connectivity index (χ2v) is 9.20. The van der Waals surface area contributed by atoms with E-state index < -0.39 is 15.9 Å². The zero-order chi connectivity index (χ0) is 21.2. The Balaban J connectivity index is 1.53. The third kappa shape index (κ3) is 4.68. The molecule has 1 fully saturated rings. The summed E-state index contributed by atoms with van der Waals surface area (Å²) in [4.78, 5) is 24.8. The number of sulfonamides is 1. The first-order valence-electron chi connectivity index (χ1n) is 9.42. The zero-order valence-electron chi connectivity index (χ0n) is 16.7. The quantitative estimate of drug-likeness (QED) is 0.738. The minimum absolute atomic E-state index is 0.252. The van der Waals surface area contributed by atoms with E-state index in [2.05, 4.69) is 10.9 Å². The highest BCUT2D eigenvalue weighted by atomic mass is 32.2. The fourth-order valence-electron chi connectivity index (χ4n) is 3.36. The van der Waals surface area contributed by atoms with E-state index in [4.69, 9.17) is 4.42 Å². The summed E-state index contributed by atoms with van der Waals surface area (Å²) >= 11 is 0. The van der Waals surface area contributed by atoms with E-state index in [9.17, 15) is 18.0 Å². The van der Waals surface area contributed by atoms with E-state index in [1.165, 1.54) is 4.31 Å². The molecule has 2 heterocycles. The molecule has 9 heteroatoms. The largest absolute Gasteiger partial charge is 0.466 e. The normalized spacial score (nSPS) is 15.8. The van der Waals surface area contributed by atoms with Crippen LogP contribution in [0.15, 0.2) is 39.6 Å². The minimum atomic E-state index is -3.57. The SMILES string of the molecule is Cc1ccc(S(=O)(=O)N2CCC(C(=O)NNC(=O)c3cc(C)oc3C)CC2)cc1. The summed E-state index contributed by atoms with van der Waals surface area (Å²) in [5.41, 5.74) is 6.17. The predicted octanol–water partition coefficient (Wildman–Crippen LogP) is 2.07. The molecule has 156 valence electrons. The molecule has 1 aromatic heterocycles. The summed E-state index contributed by atoms with van der Waals surface area (Å²) in [5.74, 6) is -0.0624. The molecule has 2 aromatic rings. The van der Waals surface area contributed by atoms with Crippen molar-refractivity contribution in [2.45, 2.75) is 38.5 Å². The fourth-order valence-corrected chi connectivity index (χ4v) is 4.83. The number of furan rings is 1. The lowest BCUT2D eigenvalue weighted by Gasteiger charge is -2.30. The second-order valence-electron chi connectivity index (χ2n) is 7.26. The van der Waals surface area contributed by atoms with Gasteiger partial charge >= 0.3 is 0 Å². The summed E-state index contributed by atoms with van der Waals surface area (Å²) < 4.78 is 32.2. The zero-order valence-corrected chi connectivity index (χ0v) is 17.5. The maximum atomic E-state index is 12.7. The molecule has 0 spiro atoms. The number of amides is 2. The van der Waals surface area contributed by atoms with Gasteiger partial charge in [-0.15, -0.1) is 0 Å². The molecule has 1 aromatic carbocycles. The molecular weight excluding hydrogens is 394 g/mol. The van der Waals surface area contributed by atoms with Gasteiger partial charge in [0.05, 0.1) is 10.5 Å². The van der Waals surface area contributed by atoms with Crippen LogP contribution in [0.3, 0.4) is 0 Å². The van der Waals surface area contributed by atoms with Gasteiger partial charge in [-0.2, -0.15) is 4.31 Å². The van der Waals surface area contributed by atoms with Crippen molar-refractivity contribution in [3.8, 4) is 0 Å². The lowest BCUT2D eigenvalue weighted by Crippen LogP contribution is -2.48. The first kappa shape index (κ1) is 21.1. The molecule has 0 bridgehead atoms. The van der Waals surface area contributed by atoms with Crippen molar-refractivity contribution < 1.29 is 22.4 Å². The number of nitrogens with one attached hydrogen (secondary N) is 2. The van der Waals surface area contributed by atoms with Gasteiger partial charge < -0.3 is 4.42 Å². The average molecular weight is 420 g/mol. The Hall–Kier alpha value is -2.65. The van der Waals surface area contributed by atoms with Gasteiger partial charge in [0, 0.05) is 19.0 Å². The lowest BCUT2D eigenvalue weighted by atomic mass is 9.98. The van der Waals surface area contributed by atoms with E-state index in [-0.39, 0.29) is 29.8 Å². The molecule has 1 saturated heterocycles. The molecule has 29 heavy (non-hydrogen) atoms. The van der Waals surface area contributed by atoms with Crippen LogP contribution in [0.4, 0.5) is 0 Å². The highest BCUT2D eigenvalue weighted by Gasteiger charge is 2.32. The predicted molar refractivity (Wildman–Crippen MR) is 106 cm³/mol. The summed E-state index contributed by atoms with van der Waals surface area (Å²) in [6, 6.07) is 8.32. The van der Waals surface area contributed by atoms with Crippen LogP contribution >= 0.6 is 0 Å². The Morgan fingerprint density at radius 1 is 1.03 bits per heavy atom. The number of hydrogen-bond donors (Lipinski definition) is 2. The Morgan fingerprint density at radius 2 is 1.66 bits per heavy atom. The fraction of sp³-hybridized carbons (Fsp3) is 0.400. The number of nitrogens with zero attached hydrogens (tertiary/aromatic N) is 1. The molecule has 1 aliphatic heterocycles. The van der Waals surface area contributed by atoms with Gasteiger partial charge in [0.2, 0.25) is 15.9 Å². The molecular formula is C20H25N3O5S. The van der Waals surface area contributed by atoms with Gasteiger partial charge in [-0.25, -0.2) is 8.42 Å². The Bertz CT molecular complexity index is 1000. The number of hydrazine groups is 1. The lowest BCUT2D eigenvalue weighted by molar-refractivity contribution is -0.126. The first-order chi connectivity index (χ1) is 13.7. The van der Waals surface area contributed by atoms with Crippen LogP contribution in [0.25, 0.3) is 0 Å². The smallest absolute Gasteiger partial charge is 0.273 e. The number of benzene rings is 1. The molecule has 0 aliphatic carbocycles. The van der Waals surface area contributed by atoms with E-state index in [1.807, 2.05) is 6.92 Å². The van der Waals surface area contributed by atoms with Gasteiger partial charge in [-0.1, -0.05) is 17.7 Å². The number of carbonyl (C=O) groups excluding carboxylic acids is 2. The maximum absolute atomic E-state index is 12.7. The summed E-state index contributed by atoms with van der Waals surface area (Å²) in [7, 11) is -3.57. The van der Waals surface area contributed by atoms with E-state index in [0.717, 1.165) is 5.56 Å². The molecule has 0 atom stereocenters. The van der Waals surface area contributed by atoms with Crippen LogP contribution in [-0.4, -0.2) is 37.6 Å². The standard InChI is InChI=1S/C20H25N3O5S/c1-13-4-6-17(7-5-13)29(26,27)23-10-8-16(9-11-23)19(24)21-22-20(25)18-12-14(2)28-15(18)3/h4-7,12,16H,8-11H2,1-3H3,(H,21,24)(H,22,25).